The Morgan fingerprint density at radius 3 is 2.58 bits per heavy atom. The van der Waals surface area contributed by atoms with Gasteiger partial charge in [0.1, 0.15) is 6.07 Å². The van der Waals surface area contributed by atoms with Crippen LogP contribution in [0.5, 0.6) is 6.01 Å². The molecule has 0 aliphatic carbocycles. The zero-order valence-corrected chi connectivity index (χ0v) is 5.89. The molecule has 2 N–H and O–H groups in total. The number of nitriles is 1. The largest absolute Gasteiger partial charge is 0.412 e. The van der Waals surface area contributed by atoms with E-state index in [2.05, 4.69) is 20.4 Å². The van der Waals surface area contributed by atoms with E-state index in [1.165, 1.54) is 12.4 Å². The van der Waals surface area contributed by atoms with Crippen molar-refractivity contribution in [3.05, 3.63) is 18.0 Å². The molecule has 1 rings (SSSR count). The highest BCUT2D eigenvalue weighted by Gasteiger charge is 2.00. The van der Waals surface area contributed by atoms with Gasteiger partial charge >= 0.3 is 12.1 Å². The van der Waals surface area contributed by atoms with Crippen LogP contribution in [-0.2, 0) is 0 Å². The zero-order valence-electron chi connectivity index (χ0n) is 5.89. The van der Waals surface area contributed by atoms with Crippen molar-refractivity contribution in [1.29, 1.82) is 5.26 Å². The number of primary amides is 1. The number of nitrogens with zero attached hydrogens (tertiary/aromatic N) is 3. The van der Waals surface area contributed by atoms with Crippen molar-refractivity contribution >= 4 is 6.09 Å². The summed E-state index contributed by atoms with van der Waals surface area (Å²) in [4.78, 5) is 17.2. The third-order valence-electron chi connectivity index (χ3n) is 0.949. The number of ether oxygens (including phenoxy) is 1. The van der Waals surface area contributed by atoms with E-state index in [1.54, 1.807) is 0 Å². The molecule has 1 amide bonds. The molecule has 6 heteroatoms. The highest BCUT2D eigenvalue weighted by molar-refractivity contribution is 5.66. The van der Waals surface area contributed by atoms with Crippen molar-refractivity contribution in [3.63, 3.8) is 0 Å². The van der Waals surface area contributed by atoms with Crippen LogP contribution in [0.3, 0.4) is 0 Å². The van der Waals surface area contributed by atoms with Crippen LogP contribution in [0.2, 0.25) is 0 Å². The number of hydrogen-bond acceptors (Lipinski definition) is 5. The lowest BCUT2D eigenvalue weighted by molar-refractivity contribution is 0.207. The van der Waals surface area contributed by atoms with Gasteiger partial charge in [-0.05, 0) is 0 Å². The smallest absolute Gasteiger partial charge is 0.374 e. The van der Waals surface area contributed by atoms with Gasteiger partial charge in [0, 0.05) is 0 Å². The predicted octanol–water partition coefficient (Wildman–Crippen LogP) is -0.194. The lowest BCUT2D eigenvalue weighted by atomic mass is 10.4. The molecule has 0 aromatic carbocycles. The topological polar surface area (TPSA) is 102 Å². The van der Waals surface area contributed by atoms with Gasteiger partial charge in [0.2, 0.25) is 0 Å². The van der Waals surface area contributed by atoms with E-state index in [0.29, 0.717) is 0 Å². The first-order valence-electron chi connectivity index (χ1n) is 2.92. The van der Waals surface area contributed by atoms with Crippen molar-refractivity contribution in [1.82, 2.24) is 9.97 Å². The number of amides is 1. The Hall–Kier alpha value is -2.16. The monoisotopic (exact) mass is 164 g/mol. The number of rotatable bonds is 1. The third kappa shape index (κ3) is 1.91. The van der Waals surface area contributed by atoms with Crippen LogP contribution in [0.25, 0.3) is 0 Å². The van der Waals surface area contributed by atoms with Crippen molar-refractivity contribution in [2.45, 2.75) is 0 Å². The summed E-state index contributed by atoms with van der Waals surface area (Å²) in [6.45, 7) is 0. The highest BCUT2D eigenvalue weighted by Crippen LogP contribution is 2.00. The van der Waals surface area contributed by atoms with Gasteiger partial charge in [0.25, 0.3) is 0 Å². The summed E-state index contributed by atoms with van der Waals surface area (Å²) < 4.78 is 4.32. The number of nitrogens with two attached hydrogens (primary N) is 1. The molecule has 0 bridgehead atoms. The van der Waals surface area contributed by atoms with Crippen LogP contribution in [-0.4, -0.2) is 16.1 Å². The molecule has 12 heavy (non-hydrogen) atoms. The van der Waals surface area contributed by atoms with Crippen LogP contribution in [0, 0.1) is 11.3 Å². The zero-order chi connectivity index (χ0) is 8.97. The fourth-order valence-corrected chi connectivity index (χ4v) is 0.517. The Morgan fingerprint density at radius 2 is 2.17 bits per heavy atom. The highest BCUT2D eigenvalue weighted by atomic mass is 16.6. The van der Waals surface area contributed by atoms with Crippen molar-refractivity contribution in [2.24, 2.45) is 5.73 Å². The Morgan fingerprint density at radius 1 is 1.58 bits per heavy atom. The summed E-state index contributed by atoms with van der Waals surface area (Å²) in [5.41, 5.74) is 4.97. The summed E-state index contributed by atoms with van der Waals surface area (Å²) in [5, 5.41) is 8.35. The average Bonchev–Trinajstić information content (AvgIpc) is 2.05. The first kappa shape index (κ1) is 7.94. The molecule has 0 aliphatic rings. The molecule has 1 aromatic rings. The van der Waals surface area contributed by atoms with Gasteiger partial charge in [-0.3, -0.25) is 0 Å². The molecule has 6 nitrogen and oxygen atoms in total. The number of carbonyl (C=O) groups excluding carboxylic acids is 1. The summed E-state index contributed by atoms with van der Waals surface area (Å²) in [6.07, 6.45) is 1.47. The Labute approximate surface area is 67.6 Å². The standard InChI is InChI=1S/C6H4N4O2/c7-1-4-2-9-6(10-3-4)12-5(8)11/h2-3H,(H2,8,11). The molecule has 0 spiro atoms. The molecule has 1 heterocycles. The molecular weight excluding hydrogens is 160 g/mol. The fraction of sp³-hybridized carbons (Fsp3) is 0. The molecule has 0 fully saturated rings. The molecule has 0 aliphatic heterocycles. The normalized spacial score (nSPS) is 8.58. The van der Waals surface area contributed by atoms with Gasteiger partial charge in [-0.2, -0.15) is 5.26 Å². The van der Waals surface area contributed by atoms with E-state index in [9.17, 15) is 4.79 Å². The van der Waals surface area contributed by atoms with Crippen LogP contribution in [0.15, 0.2) is 12.4 Å². The molecule has 0 unspecified atom stereocenters. The lowest BCUT2D eigenvalue weighted by Crippen LogP contribution is -2.17. The third-order valence-corrected chi connectivity index (χ3v) is 0.949. The maximum atomic E-state index is 10.2. The molecule has 0 saturated carbocycles. The van der Waals surface area contributed by atoms with Gasteiger partial charge in [0.05, 0.1) is 18.0 Å². The Bertz CT molecular complexity index is 326. The lowest BCUT2D eigenvalue weighted by Gasteiger charge is -1.95. The second-order valence-electron chi connectivity index (χ2n) is 1.79. The van der Waals surface area contributed by atoms with Gasteiger partial charge in [-0.15, -0.1) is 0 Å². The number of hydrogen-bond donors (Lipinski definition) is 1. The van der Waals surface area contributed by atoms with Gasteiger partial charge in [-0.1, -0.05) is 0 Å². The van der Waals surface area contributed by atoms with E-state index in [0.717, 1.165) is 0 Å². The van der Waals surface area contributed by atoms with E-state index in [4.69, 9.17) is 5.26 Å². The second kappa shape index (κ2) is 3.30. The summed E-state index contributed by atoms with van der Waals surface area (Å²) in [5.74, 6) is 0. The maximum Gasteiger partial charge on any atom is 0.412 e. The van der Waals surface area contributed by atoms with Gasteiger partial charge in [0.15, 0.2) is 0 Å². The first-order valence-corrected chi connectivity index (χ1v) is 2.92. The molecule has 1 aromatic heterocycles. The van der Waals surface area contributed by atoms with Gasteiger partial charge in [-0.25, -0.2) is 14.8 Å². The van der Waals surface area contributed by atoms with Crippen molar-refractivity contribution in [3.8, 4) is 12.1 Å². The van der Waals surface area contributed by atoms with E-state index in [-0.39, 0.29) is 11.6 Å². The first-order chi connectivity index (χ1) is 5.72. The van der Waals surface area contributed by atoms with Crippen LogP contribution < -0.4 is 10.5 Å². The van der Waals surface area contributed by atoms with E-state index in [1.807, 2.05) is 6.07 Å². The fourth-order valence-electron chi connectivity index (χ4n) is 0.517. The number of carbonyl (C=O) groups is 1. The molecule has 0 radical (unpaired) electrons. The van der Waals surface area contributed by atoms with Crippen LogP contribution >= 0.6 is 0 Å². The molecule has 0 saturated heterocycles. The van der Waals surface area contributed by atoms with Gasteiger partial charge < -0.3 is 10.5 Å². The minimum atomic E-state index is -0.986. The Balaban J connectivity index is 2.80. The maximum absolute atomic E-state index is 10.2. The SMILES string of the molecule is N#Cc1cnc(OC(N)=O)nc1. The summed E-state index contributed by atoms with van der Waals surface area (Å²) in [6, 6.07) is 1.65. The van der Waals surface area contributed by atoms with Crippen molar-refractivity contribution in [2.75, 3.05) is 0 Å². The molecular formula is C6H4N4O2. The minimum Gasteiger partial charge on any atom is -0.374 e. The average molecular weight is 164 g/mol. The van der Waals surface area contributed by atoms with E-state index >= 15 is 0 Å². The van der Waals surface area contributed by atoms with Crippen LogP contribution in [0.1, 0.15) is 5.56 Å². The van der Waals surface area contributed by atoms with Crippen LogP contribution in [0.4, 0.5) is 4.79 Å². The van der Waals surface area contributed by atoms with Crippen molar-refractivity contribution < 1.29 is 9.53 Å². The number of aromatic nitrogens is 2. The second-order valence-corrected chi connectivity index (χ2v) is 1.79. The van der Waals surface area contributed by atoms with E-state index < -0.39 is 6.09 Å². The quantitative estimate of drug-likeness (QED) is 0.619. The summed E-state index contributed by atoms with van der Waals surface area (Å²) in [7, 11) is 0. The minimum absolute atomic E-state index is 0.165. The Kier molecular flexibility index (Phi) is 2.18. The molecule has 0 atom stereocenters. The predicted molar refractivity (Wildman–Crippen MR) is 37.0 cm³/mol. The summed E-state index contributed by atoms with van der Waals surface area (Å²) >= 11 is 0. The molecule has 60 valence electrons.